The van der Waals surface area contributed by atoms with E-state index in [1.165, 1.54) is 5.56 Å². The lowest BCUT2D eigenvalue weighted by atomic mass is 10.1. The molecule has 3 heterocycles. The predicted molar refractivity (Wildman–Crippen MR) is 95.7 cm³/mol. The van der Waals surface area contributed by atoms with Crippen molar-refractivity contribution in [3.63, 3.8) is 0 Å². The van der Waals surface area contributed by atoms with Gasteiger partial charge in [0, 0.05) is 12.7 Å². The van der Waals surface area contributed by atoms with E-state index in [0.29, 0.717) is 25.1 Å². The number of nitrogens with zero attached hydrogens (tertiary/aromatic N) is 3. The lowest BCUT2D eigenvalue weighted by Crippen LogP contribution is -2.40. The Kier molecular flexibility index (Phi) is 4.43. The zero-order valence-corrected chi connectivity index (χ0v) is 14.0. The second-order valence-electron chi connectivity index (χ2n) is 6.17. The molecule has 1 fully saturated rings. The van der Waals surface area contributed by atoms with Crippen molar-refractivity contribution in [1.29, 1.82) is 0 Å². The molecule has 1 aromatic carbocycles. The van der Waals surface area contributed by atoms with Crippen LogP contribution in [0.5, 0.6) is 0 Å². The van der Waals surface area contributed by atoms with Crippen LogP contribution in [-0.2, 0) is 17.7 Å². The maximum Gasteiger partial charge on any atom is 0.392 e. The SMILES string of the molecule is O=c1c2c[nH+]c(N3CCOCC3)nc2ccn1CCc1ccccc1. The third-order valence-corrected chi connectivity index (χ3v) is 4.55. The molecule has 4 rings (SSSR count). The zero-order chi connectivity index (χ0) is 17.1. The standard InChI is InChI=1S/C19H20N4O2/c24-18-16-14-20-19(23-10-12-25-13-11-23)21-17(16)7-9-22(18)8-6-15-4-2-1-3-5-15/h1-5,7,9,14H,6,8,10-13H2/p+1. The summed E-state index contributed by atoms with van der Waals surface area (Å²) in [4.78, 5) is 22.6. The van der Waals surface area contributed by atoms with Crippen molar-refractivity contribution in [2.45, 2.75) is 13.0 Å². The first kappa shape index (κ1) is 15.8. The fourth-order valence-electron chi connectivity index (χ4n) is 3.11. The molecule has 0 saturated carbocycles. The third-order valence-electron chi connectivity index (χ3n) is 4.55. The average Bonchev–Trinajstić information content (AvgIpc) is 2.69. The fraction of sp³-hybridized carbons (Fsp3) is 0.316. The molecule has 1 aliphatic heterocycles. The van der Waals surface area contributed by atoms with Gasteiger partial charge in [-0.15, -0.1) is 0 Å². The Bertz CT molecular complexity index is 918. The van der Waals surface area contributed by atoms with Gasteiger partial charge in [-0.3, -0.25) is 9.69 Å². The quantitative estimate of drug-likeness (QED) is 0.720. The number of rotatable bonds is 4. The van der Waals surface area contributed by atoms with Gasteiger partial charge in [-0.1, -0.05) is 35.3 Å². The highest BCUT2D eigenvalue weighted by molar-refractivity contribution is 5.76. The molecule has 3 aromatic rings. The van der Waals surface area contributed by atoms with E-state index >= 15 is 0 Å². The number of morpholine rings is 1. The smallest absolute Gasteiger partial charge is 0.375 e. The minimum Gasteiger partial charge on any atom is -0.375 e. The van der Waals surface area contributed by atoms with E-state index in [1.54, 1.807) is 10.8 Å². The Morgan fingerprint density at radius 3 is 2.72 bits per heavy atom. The van der Waals surface area contributed by atoms with Gasteiger partial charge in [-0.05, 0) is 18.1 Å². The van der Waals surface area contributed by atoms with Crippen LogP contribution < -0.4 is 15.4 Å². The molecule has 1 saturated heterocycles. The number of aromatic amines is 1. The minimum absolute atomic E-state index is 0.00860. The molecule has 0 aliphatic carbocycles. The van der Waals surface area contributed by atoms with Gasteiger partial charge >= 0.3 is 5.95 Å². The van der Waals surface area contributed by atoms with Gasteiger partial charge in [0.1, 0.15) is 5.39 Å². The number of hydrogen-bond acceptors (Lipinski definition) is 4. The lowest BCUT2D eigenvalue weighted by molar-refractivity contribution is -0.366. The van der Waals surface area contributed by atoms with Crippen molar-refractivity contribution in [1.82, 2.24) is 9.55 Å². The molecule has 25 heavy (non-hydrogen) atoms. The summed E-state index contributed by atoms with van der Waals surface area (Å²) in [5.74, 6) is 0.789. The molecule has 1 aliphatic rings. The molecule has 0 spiro atoms. The van der Waals surface area contributed by atoms with Crippen molar-refractivity contribution >= 4 is 16.9 Å². The van der Waals surface area contributed by atoms with Crippen LogP contribution in [0.2, 0.25) is 0 Å². The first-order valence-electron chi connectivity index (χ1n) is 8.60. The molecule has 0 unspecified atom stereocenters. The largest absolute Gasteiger partial charge is 0.392 e. The summed E-state index contributed by atoms with van der Waals surface area (Å²) in [5, 5.41) is 0.618. The topological polar surface area (TPSA) is 61.5 Å². The van der Waals surface area contributed by atoms with Crippen LogP contribution >= 0.6 is 0 Å². The van der Waals surface area contributed by atoms with Crippen molar-refractivity contribution in [3.8, 4) is 0 Å². The molecule has 2 aromatic heterocycles. The van der Waals surface area contributed by atoms with E-state index in [2.05, 4.69) is 27.0 Å². The lowest BCUT2D eigenvalue weighted by Gasteiger charge is -2.20. The summed E-state index contributed by atoms with van der Waals surface area (Å²) in [5.41, 5.74) is 1.94. The minimum atomic E-state index is -0.00860. The number of aromatic nitrogens is 3. The number of benzene rings is 1. The van der Waals surface area contributed by atoms with E-state index in [-0.39, 0.29) is 5.56 Å². The van der Waals surface area contributed by atoms with Gasteiger partial charge in [0.15, 0.2) is 5.52 Å². The fourth-order valence-corrected chi connectivity index (χ4v) is 3.11. The summed E-state index contributed by atoms with van der Waals surface area (Å²) in [6.45, 7) is 3.68. The number of nitrogens with one attached hydrogen (secondary N) is 1. The molecule has 6 nitrogen and oxygen atoms in total. The van der Waals surface area contributed by atoms with E-state index in [4.69, 9.17) is 4.74 Å². The van der Waals surface area contributed by atoms with Crippen LogP contribution in [0.4, 0.5) is 5.95 Å². The third kappa shape index (κ3) is 3.39. The average molecular weight is 337 g/mol. The van der Waals surface area contributed by atoms with Crippen LogP contribution in [0, 0.1) is 0 Å². The molecule has 0 atom stereocenters. The predicted octanol–water partition coefficient (Wildman–Crippen LogP) is 1.29. The first-order valence-corrected chi connectivity index (χ1v) is 8.60. The van der Waals surface area contributed by atoms with E-state index < -0.39 is 0 Å². The van der Waals surface area contributed by atoms with Gasteiger partial charge in [0.25, 0.3) is 5.56 Å². The van der Waals surface area contributed by atoms with E-state index in [0.717, 1.165) is 31.0 Å². The molecule has 0 amide bonds. The summed E-state index contributed by atoms with van der Waals surface area (Å²) >= 11 is 0. The maximum absolute atomic E-state index is 12.7. The monoisotopic (exact) mass is 337 g/mol. The van der Waals surface area contributed by atoms with E-state index in [1.807, 2.05) is 30.5 Å². The second kappa shape index (κ2) is 7.03. The van der Waals surface area contributed by atoms with Crippen LogP contribution in [0.15, 0.2) is 53.6 Å². The molecule has 0 bridgehead atoms. The molecule has 6 heteroatoms. The summed E-state index contributed by atoms with van der Waals surface area (Å²) in [6.07, 6.45) is 4.44. The van der Waals surface area contributed by atoms with Crippen LogP contribution in [0.3, 0.4) is 0 Å². The van der Waals surface area contributed by atoms with Crippen LogP contribution in [0.1, 0.15) is 5.56 Å². The van der Waals surface area contributed by atoms with Gasteiger partial charge in [0.05, 0.1) is 32.5 Å². The Morgan fingerprint density at radius 1 is 1.12 bits per heavy atom. The van der Waals surface area contributed by atoms with Gasteiger partial charge in [-0.25, -0.2) is 4.98 Å². The number of hydrogen-bond donors (Lipinski definition) is 0. The Morgan fingerprint density at radius 2 is 1.92 bits per heavy atom. The summed E-state index contributed by atoms with van der Waals surface area (Å²) in [6, 6.07) is 12.1. The van der Waals surface area contributed by atoms with Crippen molar-refractivity contribution < 1.29 is 9.72 Å². The molecular weight excluding hydrogens is 316 g/mol. The molecule has 1 N–H and O–H groups in total. The van der Waals surface area contributed by atoms with Gasteiger partial charge < -0.3 is 9.30 Å². The first-order chi connectivity index (χ1) is 12.3. The number of H-pyrrole nitrogens is 1. The Hall–Kier alpha value is -2.73. The Labute approximate surface area is 145 Å². The highest BCUT2D eigenvalue weighted by Gasteiger charge is 2.21. The number of aryl methyl sites for hydroxylation is 2. The van der Waals surface area contributed by atoms with Crippen LogP contribution in [0.25, 0.3) is 10.9 Å². The zero-order valence-electron chi connectivity index (χ0n) is 14.0. The summed E-state index contributed by atoms with van der Waals surface area (Å²) < 4.78 is 7.12. The van der Waals surface area contributed by atoms with Gasteiger partial charge in [0.2, 0.25) is 0 Å². The highest BCUT2D eigenvalue weighted by atomic mass is 16.5. The number of fused-ring (bicyclic) bond motifs is 1. The number of ether oxygens (including phenoxy) is 1. The number of pyridine rings is 1. The molecular formula is C19H21N4O2+. The van der Waals surface area contributed by atoms with Crippen molar-refractivity contribution in [2.75, 3.05) is 31.2 Å². The second-order valence-corrected chi connectivity index (χ2v) is 6.17. The van der Waals surface area contributed by atoms with Crippen molar-refractivity contribution in [2.24, 2.45) is 0 Å². The normalized spacial score (nSPS) is 14.8. The molecule has 0 radical (unpaired) electrons. The van der Waals surface area contributed by atoms with E-state index in [9.17, 15) is 4.79 Å². The van der Waals surface area contributed by atoms with Crippen molar-refractivity contribution in [3.05, 3.63) is 64.7 Å². The number of anilines is 1. The van der Waals surface area contributed by atoms with Crippen LogP contribution in [-0.4, -0.2) is 35.9 Å². The summed E-state index contributed by atoms with van der Waals surface area (Å²) in [7, 11) is 0. The molecule has 128 valence electrons. The maximum atomic E-state index is 12.7. The van der Waals surface area contributed by atoms with Gasteiger partial charge in [-0.2, -0.15) is 0 Å². The highest BCUT2D eigenvalue weighted by Crippen LogP contribution is 2.11. The Balaban J connectivity index is 1.58.